The van der Waals surface area contributed by atoms with E-state index in [1.54, 1.807) is 30.3 Å². The summed E-state index contributed by atoms with van der Waals surface area (Å²) in [6, 6.07) is 8.47. The van der Waals surface area contributed by atoms with Crippen LogP contribution in [0.1, 0.15) is 6.42 Å². The summed E-state index contributed by atoms with van der Waals surface area (Å²) < 4.78 is 0. The van der Waals surface area contributed by atoms with E-state index in [2.05, 4.69) is 0 Å². The van der Waals surface area contributed by atoms with Gasteiger partial charge in [0, 0.05) is 5.69 Å². The first-order valence-corrected chi connectivity index (χ1v) is 4.66. The number of benzene rings is 1. The molecule has 0 atom stereocenters. The Morgan fingerprint density at radius 1 is 1.25 bits per heavy atom. The first-order valence-electron chi connectivity index (χ1n) is 4.66. The average molecular weight is 221 g/mol. The number of para-hydroxylation sites is 1. The molecule has 0 unspecified atom stereocenters. The van der Waals surface area contributed by atoms with Crippen molar-refractivity contribution in [2.45, 2.75) is 6.42 Å². The average Bonchev–Trinajstić information content (AvgIpc) is 2.26. The normalized spacial score (nSPS) is 9.50. The number of carbonyl (C=O) groups excluding carboxylic acids is 2. The lowest BCUT2D eigenvalue weighted by Gasteiger charge is -2.19. The molecule has 0 fully saturated rings. The zero-order chi connectivity index (χ0) is 12.0. The number of carbonyl (C=O) groups is 3. The van der Waals surface area contributed by atoms with E-state index < -0.39 is 18.3 Å². The van der Waals surface area contributed by atoms with Crippen molar-refractivity contribution in [3.8, 4) is 0 Å². The second-order valence-electron chi connectivity index (χ2n) is 3.08. The van der Waals surface area contributed by atoms with Crippen molar-refractivity contribution < 1.29 is 19.5 Å². The zero-order valence-corrected chi connectivity index (χ0v) is 8.50. The minimum Gasteiger partial charge on any atom is -0.481 e. The highest BCUT2D eigenvalue weighted by Gasteiger charge is 2.17. The Morgan fingerprint density at radius 3 is 2.38 bits per heavy atom. The summed E-state index contributed by atoms with van der Waals surface area (Å²) in [7, 11) is 0. The minimum atomic E-state index is -1.21. The van der Waals surface area contributed by atoms with Crippen molar-refractivity contribution in [3.05, 3.63) is 30.3 Å². The maximum Gasteiger partial charge on any atom is 0.312 e. The standard InChI is InChI=1S/C11H11NO4/c13-7-6-12(10(14)8-11(15)16)9-4-2-1-3-5-9/h1-5,7H,6,8H2,(H,15,16). The van der Waals surface area contributed by atoms with Crippen LogP contribution in [-0.2, 0) is 14.4 Å². The minimum absolute atomic E-state index is 0.143. The summed E-state index contributed by atoms with van der Waals surface area (Å²) in [5.41, 5.74) is 0.515. The second kappa shape index (κ2) is 5.65. The molecule has 0 radical (unpaired) electrons. The van der Waals surface area contributed by atoms with Gasteiger partial charge in [0.25, 0.3) is 0 Å². The van der Waals surface area contributed by atoms with Gasteiger partial charge in [-0.1, -0.05) is 18.2 Å². The molecule has 5 heteroatoms. The van der Waals surface area contributed by atoms with Gasteiger partial charge < -0.3 is 14.8 Å². The number of hydrogen-bond acceptors (Lipinski definition) is 3. The molecule has 1 N–H and O–H groups in total. The van der Waals surface area contributed by atoms with Crippen LogP contribution in [0.4, 0.5) is 5.69 Å². The van der Waals surface area contributed by atoms with Gasteiger partial charge in [0.15, 0.2) is 0 Å². The highest BCUT2D eigenvalue weighted by molar-refractivity contribution is 6.04. The lowest BCUT2D eigenvalue weighted by Crippen LogP contribution is -2.33. The van der Waals surface area contributed by atoms with E-state index in [0.29, 0.717) is 12.0 Å². The molecule has 0 saturated carbocycles. The van der Waals surface area contributed by atoms with Crippen molar-refractivity contribution in [3.63, 3.8) is 0 Å². The van der Waals surface area contributed by atoms with Crippen LogP contribution in [-0.4, -0.2) is 29.8 Å². The van der Waals surface area contributed by atoms with Crippen molar-refractivity contribution in [1.82, 2.24) is 0 Å². The van der Waals surface area contributed by atoms with Gasteiger partial charge in [0.2, 0.25) is 5.91 Å². The molecule has 1 rings (SSSR count). The first kappa shape index (κ1) is 11.9. The summed E-state index contributed by atoms with van der Waals surface area (Å²) in [6.07, 6.45) is -0.0600. The molecule has 0 aliphatic heterocycles. The summed E-state index contributed by atoms with van der Waals surface area (Å²) in [6.45, 7) is -0.143. The zero-order valence-electron chi connectivity index (χ0n) is 8.50. The Bertz CT molecular complexity index is 388. The highest BCUT2D eigenvalue weighted by atomic mass is 16.4. The van der Waals surface area contributed by atoms with Gasteiger partial charge in [-0.05, 0) is 12.1 Å². The largest absolute Gasteiger partial charge is 0.481 e. The third-order valence-electron chi connectivity index (χ3n) is 1.93. The van der Waals surface area contributed by atoms with Gasteiger partial charge >= 0.3 is 5.97 Å². The van der Waals surface area contributed by atoms with Crippen LogP contribution in [0.2, 0.25) is 0 Å². The number of aliphatic carboxylic acids is 1. The maximum atomic E-state index is 11.5. The molecule has 1 amide bonds. The van der Waals surface area contributed by atoms with Crippen LogP contribution in [0.3, 0.4) is 0 Å². The van der Waals surface area contributed by atoms with Crippen LogP contribution in [0.5, 0.6) is 0 Å². The molecule has 0 saturated heterocycles. The van der Waals surface area contributed by atoms with Gasteiger partial charge in [-0.3, -0.25) is 9.59 Å². The quantitative estimate of drug-likeness (QED) is 0.586. The number of aldehydes is 1. The van der Waals surface area contributed by atoms with Crippen LogP contribution in [0.15, 0.2) is 30.3 Å². The summed E-state index contributed by atoms with van der Waals surface area (Å²) in [4.78, 5) is 33.5. The monoisotopic (exact) mass is 221 g/mol. The molecule has 0 aliphatic rings. The SMILES string of the molecule is O=CCN(C(=O)CC(=O)O)c1ccccc1. The molecule has 1 aromatic carbocycles. The third kappa shape index (κ3) is 3.20. The van der Waals surface area contributed by atoms with Crippen LogP contribution in [0, 0.1) is 0 Å². The number of rotatable bonds is 5. The fraction of sp³-hybridized carbons (Fsp3) is 0.182. The van der Waals surface area contributed by atoms with E-state index in [4.69, 9.17) is 5.11 Å². The Labute approximate surface area is 92.3 Å². The first-order chi connectivity index (χ1) is 7.65. The predicted octanol–water partition coefficient (Wildman–Crippen LogP) is 0.693. The van der Waals surface area contributed by atoms with Crippen LogP contribution in [0.25, 0.3) is 0 Å². The number of anilines is 1. The second-order valence-corrected chi connectivity index (χ2v) is 3.08. The molecule has 0 heterocycles. The van der Waals surface area contributed by atoms with E-state index in [1.807, 2.05) is 0 Å². The lowest BCUT2D eigenvalue weighted by molar-refractivity contribution is -0.140. The summed E-state index contributed by atoms with van der Waals surface area (Å²) >= 11 is 0. The molecule has 0 aromatic heterocycles. The lowest BCUT2D eigenvalue weighted by atomic mass is 10.2. The van der Waals surface area contributed by atoms with Gasteiger partial charge in [-0.2, -0.15) is 0 Å². The Hall–Kier alpha value is -2.17. The van der Waals surface area contributed by atoms with E-state index in [9.17, 15) is 14.4 Å². The predicted molar refractivity (Wildman–Crippen MR) is 57.1 cm³/mol. The Morgan fingerprint density at radius 2 is 1.88 bits per heavy atom. The summed E-state index contributed by atoms with van der Waals surface area (Å²) in [5, 5.41) is 8.51. The molecule has 0 bridgehead atoms. The molecule has 0 aliphatic carbocycles. The fourth-order valence-electron chi connectivity index (χ4n) is 1.26. The number of nitrogens with zero attached hydrogens (tertiary/aromatic N) is 1. The van der Waals surface area contributed by atoms with Crippen molar-refractivity contribution in [2.75, 3.05) is 11.4 Å². The van der Waals surface area contributed by atoms with Gasteiger partial charge in [-0.15, -0.1) is 0 Å². The van der Waals surface area contributed by atoms with Gasteiger partial charge in [0.1, 0.15) is 12.7 Å². The smallest absolute Gasteiger partial charge is 0.312 e. The Balaban J connectivity index is 2.86. The summed E-state index contributed by atoms with van der Waals surface area (Å²) in [5.74, 6) is -1.82. The van der Waals surface area contributed by atoms with Crippen LogP contribution >= 0.6 is 0 Å². The topological polar surface area (TPSA) is 74.7 Å². The Kier molecular flexibility index (Phi) is 4.20. The number of carboxylic acid groups (broad SMARTS) is 1. The van der Waals surface area contributed by atoms with Crippen LogP contribution < -0.4 is 4.90 Å². The molecule has 0 spiro atoms. The number of amides is 1. The third-order valence-corrected chi connectivity index (χ3v) is 1.93. The molecule has 1 aromatic rings. The van der Waals surface area contributed by atoms with E-state index >= 15 is 0 Å². The molecular weight excluding hydrogens is 210 g/mol. The molecule has 5 nitrogen and oxygen atoms in total. The number of hydrogen-bond donors (Lipinski definition) is 1. The highest BCUT2D eigenvalue weighted by Crippen LogP contribution is 2.13. The van der Waals surface area contributed by atoms with Gasteiger partial charge in [0.05, 0.1) is 6.54 Å². The number of carboxylic acids is 1. The molecule has 16 heavy (non-hydrogen) atoms. The van der Waals surface area contributed by atoms with E-state index in [-0.39, 0.29) is 6.54 Å². The maximum absolute atomic E-state index is 11.5. The fourth-order valence-corrected chi connectivity index (χ4v) is 1.26. The van der Waals surface area contributed by atoms with E-state index in [0.717, 1.165) is 4.90 Å². The van der Waals surface area contributed by atoms with Crippen molar-refractivity contribution in [2.24, 2.45) is 0 Å². The van der Waals surface area contributed by atoms with Gasteiger partial charge in [-0.25, -0.2) is 0 Å². The molecular formula is C11H11NO4. The molecule has 84 valence electrons. The van der Waals surface area contributed by atoms with Crippen molar-refractivity contribution in [1.29, 1.82) is 0 Å². The van der Waals surface area contributed by atoms with Crippen molar-refractivity contribution >= 4 is 23.9 Å². The van der Waals surface area contributed by atoms with E-state index in [1.165, 1.54) is 0 Å².